The zero-order valence-corrected chi connectivity index (χ0v) is 12.0. The van der Waals surface area contributed by atoms with Crippen LogP contribution in [0, 0.1) is 0 Å². The lowest BCUT2D eigenvalue weighted by Crippen LogP contribution is -2.32. The molecule has 1 saturated heterocycles. The number of hydrogen-bond donors (Lipinski definition) is 1. The van der Waals surface area contributed by atoms with Crippen molar-refractivity contribution < 1.29 is 4.74 Å². The quantitative estimate of drug-likeness (QED) is 0.888. The van der Waals surface area contributed by atoms with Gasteiger partial charge < -0.3 is 10.1 Å². The minimum absolute atomic E-state index is 0.302. The largest absolute Gasteiger partial charge is 0.495 e. The van der Waals surface area contributed by atoms with E-state index < -0.39 is 0 Å². The average molecular weight is 266 g/mol. The van der Waals surface area contributed by atoms with Crippen LogP contribution >= 0.6 is 11.8 Å². The fraction of sp³-hybridized carbons (Fsp3) is 0.643. The van der Waals surface area contributed by atoms with Crippen LogP contribution in [0.4, 0.5) is 0 Å². The summed E-state index contributed by atoms with van der Waals surface area (Å²) in [6.07, 6.45) is 5.80. The summed E-state index contributed by atoms with van der Waals surface area (Å²) >= 11 is 2.07. The molecule has 0 spiro atoms. The van der Waals surface area contributed by atoms with E-state index in [9.17, 15) is 0 Å². The van der Waals surface area contributed by atoms with Gasteiger partial charge >= 0.3 is 0 Å². The minimum Gasteiger partial charge on any atom is -0.495 e. The van der Waals surface area contributed by atoms with Gasteiger partial charge in [-0.3, -0.25) is 4.98 Å². The minimum atomic E-state index is 0.302. The normalized spacial score (nSPS) is 21.6. The third kappa shape index (κ3) is 3.18. The maximum Gasteiger partial charge on any atom is 0.142 e. The predicted octanol–water partition coefficient (Wildman–Crippen LogP) is 3.03. The van der Waals surface area contributed by atoms with Gasteiger partial charge in [-0.2, -0.15) is 11.8 Å². The zero-order valence-electron chi connectivity index (χ0n) is 11.2. The Balaban J connectivity index is 2.22. The fourth-order valence-electron chi connectivity index (χ4n) is 2.46. The summed E-state index contributed by atoms with van der Waals surface area (Å²) in [5.74, 6) is 2.16. The number of rotatable bonds is 5. The molecule has 0 bridgehead atoms. The first-order valence-electron chi connectivity index (χ1n) is 6.70. The van der Waals surface area contributed by atoms with Crippen LogP contribution in [0.25, 0.3) is 0 Å². The first kappa shape index (κ1) is 13.7. The second-order valence-corrected chi connectivity index (χ2v) is 5.88. The van der Waals surface area contributed by atoms with Gasteiger partial charge in [0.15, 0.2) is 0 Å². The summed E-state index contributed by atoms with van der Waals surface area (Å²) < 4.78 is 5.45. The van der Waals surface area contributed by atoms with E-state index in [2.05, 4.69) is 29.0 Å². The molecule has 4 heteroatoms. The van der Waals surface area contributed by atoms with Gasteiger partial charge in [0.2, 0.25) is 0 Å². The number of thioether (sulfide) groups is 1. The molecule has 1 N–H and O–H groups in total. The Kier molecular flexibility index (Phi) is 5.32. The lowest BCUT2D eigenvalue weighted by molar-refractivity contribution is 0.389. The van der Waals surface area contributed by atoms with E-state index in [0.29, 0.717) is 11.3 Å². The van der Waals surface area contributed by atoms with Gasteiger partial charge in [-0.1, -0.05) is 13.3 Å². The zero-order chi connectivity index (χ0) is 12.8. The third-order valence-corrected chi connectivity index (χ3v) is 4.79. The Bertz CT molecular complexity index is 367. The fourth-order valence-corrected chi connectivity index (χ4v) is 3.89. The maximum atomic E-state index is 5.45. The molecule has 1 fully saturated rings. The van der Waals surface area contributed by atoms with Crippen molar-refractivity contribution in [2.75, 3.05) is 19.4 Å². The predicted molar refractivity (Wildman–Crippen MR) is 77.3 cm³/mol. The first-order chi connectivity index (χ1) is 8.86. The average Bonchev–Trinajstić information content (AvgIpc) is 2.46. The molecule has 1 aromatic heterocycles. The Hall–Kier alpha value is -0.740. The Labute approximate surface area is 114 Å². The molecule has 0 aliphatic carbocycles. The van der Waals surface area contributed by atoms with Crippen LogP contribution in [-0.2, 0) is 0 Å². The van der Waals surface area contributed by atoms with Crippen LogP contribution in [0.15, 0.2) is 18.3 Å². The van der Waals surface area contributed by atoms with Crippen molar-refractivity contribution in [2.24, 2.45) is 0 Å². The molecule has 100 valence electrons. The van der Waals surface area contributed by atoms with Gasteiger partial charge in [0.1, 0.15) is 11.4 Å². The lowest BCUT2D eigenvalue weighted by atomic mass is 10.0. The molecule has 2 heterocycles. The van der Waals surface area contributed by atoms with Crippen LogP contribution in [0.2, 0.25) is 0 Å². The summed E-state index contributed by atoms with van der Waals surface area (Å²) in [5.41, 5.74) is 1.06. The molecule has 2 atom stereocenters. The molecular weight excluding hydrogens is 244 g/mol. The molecule has 0 aromatic carbocycles. The summed E-state index contributed by atoms with van der Waals surface area (Å²) in [6.45, 7) is 3.11. The molecule has 0 amide bonds. The van der Waals surface area contributed by atoms with Crippen LogP contribution in [0.3, 0.4) is 0 Å². The summed E-state index contributed by atoms with van der Waals surface area (Å²) in [7, 11) is 1.72. The highest BCUT2D eigenvalue weighted by Gasteiger charge is 2.28. The van der Waals surface area contributed by atoms with Crippen LogP contribution < -0.4 is 10.1 Å². The molecule has 18 heavy (non-hydrogen) atoms. The van der Waals surface area contributed by atoms with Crippen molar-refractivity contribution in [1.29, 1.82) is 0 Å². The smallest absolute Gasteiger partial charge is 0.142 e. The second kappa shape index (κ2) is 7.00. The third-order valence-electron chi connectivity index (χ3n) is 3.32. The lowest BCUT2D eigenvalue weighted by Gasteiger charge is -2.30. The van der Waals surface area contributed by atoms with E-state index in [1.54, 1.807) is 7.11 Å². The van der Waals surface area contributed by atoms with Crippen LogP contribution in [-0.4, -0.2) is 29.6 Å². The van der Waals surface area contributed by atoms with Gasteiger partial charge in [0, 0.05) is 11.4 Å². The number of pyridine rings is 1. The molecule has 1 aliphatic heterocycles. The molecular formula is C14H22N2OS. The molecule has 1 aromatic rings. The number of ether oxygens (including phenoxy) is 1. The van der Waals surface area contributed by atoms with Gasteiger partial charge in [-0.05, 0) is 37.3 Å². The SMILES string of the molecule is CCNC(c1ncccc1OC)C1CCCCS1. The Morgan fingerprint density at radius 1 is 1.56 bits per heavy atom. The highest BCUT2D eigenvalue weighted by Crippen LogP contribution is 2.36. The molecule has 0 radical (unpaired) electrons. The molecule has 2 rings (SSSR count). The molecule has 0 saturated carbocycles. The summed E-state index contributed by atoms with van der Waals surface area (Å²) in [6, 6.07) is 4.23. The highest BCUT2D eigenvalue weighted by molar-refractivity contribution is 8.00. The van der Waals surface area contributed by atoms with E-state index in [1.165, 1.54) is 25.0 Å². The van der Waals surface area contributed by atoms with Crippen LogP contribution in [0.5, 0.6) is 5.75 Å². The number of nitrogens with one attached hydrogen (secondary N) is 1. The maximum absolute atomic E-state index is 5.45. The molecule has 2 unspecified atom stereocenters. The van der Waals surface area contributed by atoms with E-state index in [0.717, 1.165) is 18.0 Å². The highest BCUT2D eigenvalue weighted by atomic mass is 32.2. The summed E-state index contributed by atoms with van der Waals surface area (Å²) in [4.78, 5) is 4.54. The van der Waals surface area contributed by atoms with Crippen LogP contribution in [0.1, 0.15) is 37.9 Å². The number of nitrogens with zero attached hydrogens (tertiary/aromatic N) is 1. The van der Waals surface area contributed by atoms with Crippen molar-refractivity contribution in [3.8, 4) is 5.75 Å². The van der Waals surface area contributed by atoms with Gasteiger partial charge in [0.05, 0.1) is 13.2 Å². The van der Waals surface area contributed by atoms with Crippen molar-refractivity contribution in [1.82, 2.24) is 10.3 Å². The Morgan fingerprint density at radius 3 is 3.11 bits per heavy atom. The summed E-state index contributed by atoms with van der Waals surface area (Å²) in [5, 5.41) is 4.19. The number of methoxy groups -OCH3 is 1. The Morgan fingerprint density at radius 2 is 2.44 bits per heavy atom. The van der Waals surface area contributed by atoms with Crippen molar-refractivity contribution in [2.45, 2.75) is 37.5 Å². The second-order valence-electron chi connectivity index (χ2n) is 4.53. The first-order valence-corrected chi connectivity index (χ1v) is 7.75. The van der Waals surface area contributed by atoms with E-state index in [4.69, 9.17) is 4.74 Å². The van der Waals surface area contributed by atoms with Gasteiger partial charge in [0.25, 0.3) is 0 Å². The standard InChI is InChI=1S/C14H22N2OS/c1-3-15-14(12-8-4-5-10-18-12)13-11(17-2)7-6-9-16-13/h6-7,9,12,14-15H,3-5,8,10H2,1-2H3. The van der Waals surface area contributed by atoms with Crippen molar-refractivity contribution >= 4 is 11.8 Å². The van der Waals surface area contributed by atoms with E-state index in [-0.39, 0.29) is 0 Å². The van der Waals surface area contributed by atoms with Gasteiger partial charge in [-0.25, -0.2) is 0 Å². The topological polar surface area (TPSA) is 34.2 Å². The van der Waals surface area contributed by atoms with Crippen molar-refractivity contribution in [3.05, 3.63) is 24.0 Å². The van der Waals surface area contributed by atoms with Crippen molar-refractivity contribution in [3.63, 3.8) is 0 Å². The van der Waals surface area contributed by atoms with E-state index >= 15 is 0 Å². The monoisotopic (exact) mass is 266 g/mol. The number of hydrogen-bond acceptors (Lipinski definition) is 4. The van der Waals surface area contributed by atoms with E-state index in [1.807, 2.05) is 18.3 Å². The molecule has 3 nitrogen and oxygen atoms in total. The molecule has 1 aliphatic rings. The van der Waals surface area contributed by atoms with Gasteiger partial charge in [-0.15, -0.1) is 0 Å². The number of aromatic nitrogens is 1.